The summed E-state index contributed by atoms with van der Waals surface area (Å²) in [6.45, 7) is 4.13. The van der Waals surface area contributed by atoms with E-state index in [1.165, 1.54) is 0 Å². The standard InChI is InChI=1S/C9H16N4O/c1-9(2,5-10)12-8(14)7-4-13(3)6-11-7/h4,6H,5,10H2,1-3H3,(H,12,14). The first-order valence-electron chi connectivity index (χ1n) is 4.45. The van der Waals surface area contributed by atoms with Crippen molar-refractivity contribution >= 4 is 5.91 Å². The van der Waals surface area contributed by atoms with Gasteiger partial charge < -0.3 is 15.6 Å². The smallest absolute Gasteiger partial charge is 0.271 e. The van der Waals surface area contributed by atoms with E-state index in [2.05, 4.69) is 10.3 Å². The van der Waals surface area contributed by atoms with E-state index in [4.69, 9.17) is 5.73 Å². The number of nitrogens with two attached hydrogens (primary N) is 1. The fraction of sp³-hybridized carbons (Fsp3) is 0.556. The van der Waals surface area contributed by atoms with Crippen LogP contribution in [0.25, 0.3) is 0 Å². The highest BCUT2D eigenvalue weighted by molar-refractivity contribution is 5.92. The van der Waals surface area contributed by atoms with Crippen molar-refractivity contribution in [1.29, 1.82) is 0 Å². The molecule has 5 nitrogen and oxygen atoms in total. The van der Waals surface area contributed by atoms with Crippen molar-refractivity contribution in [1.82, 2.24) is 14.9 Å². The maximum atomic E-state index is 11.6. The van der Waals surface area contributed by atoms with E-state index in [0.717, 1.165) is 0 Å². The van der Waals surface area contributed by atoms with Gasteiger partial charge in [-0.05, 0) is 13.8 Å². The van der Waals surface area contributed by atoms with Crippen molar-refractivity contribution in [3.63, 3.8) is 0 Å². The molecule has 1 heterocycles. The summed E-state index contributed by atoms with van der Waals surface area (Å²) < 4.78 is 1.73. The molecule has 5 heteroatoms. The van der Waals surface area contributed by atoms with Gasteiger partial charge in [0.25, 0.3) is 5.91 Å². The Morgan fingerprint density at radius 1 is 1.71 bits per heavy atom. The van der Waals surface area contributed by atoms with Gasteiger partial charge in [0.05, 0.1) is 6.33 Å². The number of carbonyl (C=O) groups is 1. The van der Waals surface area contributed by atoms with E-state index >= 15 is 0 Å². The molecule has 0 unspecified atom stereocenters. The highest BCUT2D eigenvalue weighted by Gasteiger charge is 2.20. The number of rotatable bonds is 3. The van der Waals surface area contributed by atoms with Gasteiger partial charge in [-0.1, -0.05) is 0 Å². The molecular weight excluding hydrogens is 180 g/mol. The minimum atomic E-state index is -0.394. The molecule has 0 spiro atoms. The van der Waals surface area contributed by atoms with E-state index < -0.39 is 5.54 Å². The molecule has 0 saturated carbocycles. The van der Waals surface area contributed by atoms with E-state index in [-0.39, 0.29) is 5.91 Å². The normalized spacial score (nSPS) is 11.4. The number of nitrogens with zero attached hydrogens (tertiary/aromatic N) is 2. The third kappa shape index (κ3) is 2.56. The Morgan fingerprint density at radius 2 is 2.36 bits per heavy atom. The first-order valence-corrected chi connectivity index (χ1v) is 4.45. The maximum Gasteiger partial charge on any atom is 0.271 e. The van der Waals surface area contributed by atoms with Gasteiger partial charge in [-0.3, -0.25) is 4.79 Å². The molecule has 1 rings (SSSR count). The quantitative estimate of drug-likeness (QED) is 0.708. The van der Waals surface area contributed by atoms with Crippen LogP contribution in [0.5, 0.6) is 0 Å². The predicted octanol–water partition coefficient (Wildman–Crippen LogP) is -0.113. The second-order valence-electron chi connectivity index (χ2n) is 3.97. The van der Waals surface area contributed by atoms with Crippen molar-refractivity contribution in [3.8, 4) is 0 Å². The Bertz CT molecular complexity index is 329. The Balaban J connectivity index is 2.68. The summed E-state index contributed by atoms with van der Waals surface area (Å²) in [6, 6.07) is 0. The lowest BCUT2D eigenvalue weighted by Gasteiger charge is -2.23. The molecule has 0 atom stereocenters. The Morgan fingerprint density at radius 3 is 2.79 bits per heavy atom. The number of carbonyl (C=O) groups excluding carboxylic acids is 1. The zero-order chi connectivity index (χ0) is 10.8. The average Bonchev–Trinajstić information content (AvgIpc) is 2.51. The molecule has 1 aromatic rings. The van der Waals surface area contributed by atoms with Gasteiger partial charge in [-0.25, -0.2) is 4.98 Å². The molecular formula is C9H16N4O. The molecule has 0 fully saturated rings. The molecule has 0 radical (unpaired) electrons. The van der Waals surface area contributed by atoms with Crippen LogP contribution in [0.1, 0.15) is 24.3 Å². The third-order valence-corrected chi connectivity index (χ3v) is 1.90. The number of amides is 1. The minimum Gasteiger partial charge on any atom is -0.345 e. The SMILES string of the molecule is Cn1cnc(C(=O)NC(C)(C)CN)c1. The lowest BCUT2D eigenvalue weighted by atomic mass is 10.1. The zero-order valence-electron chi connectivity index (χ0n) is 8.74. The van der Waals surface area contributed by atoms with E-state index in [1.807, 2.05) is 20.9 Å². The Hall–Kier alpha value is -1.36. The van der Waals surface area contributed by atoms with Crippen molar-refractivity contribution in [2.75, 3.05) is 6.54 Å². The summed E-state index contributed by atoms with van der Waals surface area (Å²) in [5, 5.41) is 2.80. The fourth-order valence-electron chi connectivity index (χ4n) is 0.952. The molecule has 3 N–H and O–H groups in total. The molecule has 78 valence electrons. The van der Waals surface area contributed by atoms with Gasteiger partial charge in [-0.2, -0.15) is 0 Å². The van der Waals surface area contributed by atoms with Gasteiger partial charge >= 0.3 is 0 Å². The molecule has 1 amide bonds. The van der Waals surface area contributed by atoms with Gasteiger partial charge in [0.2, 0.25) is 0 Å². The van der Waals surface area contributed by atoms with Crippen molar-refractivity contribution in [3.05, 3.63) is 18.2 Å². The van der Waals surface area contributed by atoms with Crippen LogP contribution in [0.3, 0.4) is 0 Å². The first kappa shape index (κ1) is 10.7. The summed E-state index contributed by atoms with van der Waals surface area (Å²) >= 11 is 0. The van der Waals surface area contributed by atoms with Crippen LogP contribution >= 0.6 is 0 Å². The number of hydrogen-bond donors (Lipinski definition) is 2. The van der Waals surface area contributed by atoms with Crippen LogP contribution in [0.2, 0.25) is 0 Å². The topological polar surface area (TPSA) is 72.9 Å². The highest BCUT2D eigenvalue weighted by Crippen LogP contribution is 2.01. The summed E-state index contributed by atoms with van der Waals surface area (Å²) in [5.74, 6) is -0.193. The number of aryl methyl sites for hydroxylation is 1. The molecule has 0 aliphatic heterocycles. The number of hydrogen-bond acceptors (Lipinski definition) is 3. The first-order chi connectivity index (χ1) is 6.44. The van der Waals surface area contributed by atoms with Gasteiger partial charge in [-0.15, -0.1) is 0 Å². The molecule has 0 bridgehead atoms. The summed E-state index contributed by atoms with van der Waals surface area (Å²) in [6.07, 6.45) is 3.26. The molecule has 0 saturated heterocycles. The van der Waals surface area contributed by atoms with Crippen LogP contribution in [-0.4, -0.2) is 27.5 Å². The molecule has 0 aromatic carbocycles. The average molecular weight is 196 g/mol. The van der Waals surface area contributed by atoms with Crippen LogP contribution < -0.4 is 11.1 Å². The van der Waals surface area contributed by atoms with Crippen LogP contribution in [0.4, 0.5) is 0 Å². The van der Waals surface area contributed by atoms with E-state index in [0.29, 0.717) is 12.2 Å². The second-order valence-corrected chi connectivity index (χ2v) is 3.97. The largest absolute Gasteiger partial charge is 0.345 e. The van der Waals surface area contributed by atoms with Gasteiger partial charge in [0, 0.05) is 25.3 Å². The maximum absolute atomic E-state index is 11.6. The van der Waals surface area contributed by atoms with Crippen molar-refractivity contribution in [2.24, 2.45) is 12.8 Å². The van der Waals surface area contributed by atoms with Crippen molar-refractivity contribution in [2.45, 2.75) is 19.4 Å². The van der Waals surface area contributed by atoms with Gasteiger partial charge in [0.1, 0.15) is 5.69 Å². The monoisotopic (exact) mass is 196 g/mol. The third-order valence-electron chi connectivity index (χ3n) is 1.90. The van der Waals surface area contributed by atoms with E-state index in [9.17, 15) is 4.79 Å². The summed E-state index contributed by atoms with van der Waals surface area (Å²) in [4.78, 5) is 15.5. The molecule has 1 aromatic heterocycles. The molecule has 0 aliphatic carbocycles. The van der Waals surface area contributed by atoms with Crippen LogP contribution in [-0.2, 0) is 7.05 Å². The Kier molecular flexibility index (Phi) is 2.90. The van der Waals surface area contributed by atoms with Crippen molar-refractivity contribution < 1.29 is 4.79 Å². The van der Waals surface area contributed by atoms with Crippen LogP contribution in [0.15, 0.2) is 12.5 Å². The zero-order valence-corrected chi connectivity index (χ0v) is 8.74. The number of imidazole rings is 1. The lowest BCUT2D eigenvalue weighted by Crippen LogP contribution is -2.48. The highest BCUT2D eigenvalue weighted by atomic mass is 16.2. The second kappa shape index (κ2) is 3.79. The lowest BCUT2D eigenvalue weighted by molar-refractivity contribution is 0.0911. The minimum absolute atomic E-state index is 0.193. The molecule has 0 aliphatic rings. The fourth-order valence-corrected chi connectivity index (χ4v) is 0.952. The Labute approximate surface area is 83.3 Å². The molecule has 14 heavy (non-hydrogen) atoms. The summed E-state index contributed by atoms with van der Waals surface area (Å²) in [7, 11) is 1.82. The van der Waals surface area contributed by atoms with Crippen LogP contribution in [0, 0.1) is 0 Å². The number of nitrogens with one attached hydrogen (secondary N) is 1. The summed E-state index contributed by atoms with van der Waals surface area (Å²) in [5.41, 5.74) is 5.51. The van der Waals surface area contributed by atoms with E-state index in [1.54, 1.807) is 17.1 Å². The predicted molar refractivity (Wildman–Crippen MR) is 53.8 cm³/mol. The number of aromatic nitrogens is 2. The van der Waals surface area contributed by atoms with Gasteiger partial charge in [0.15, 0.2) is 0 Å².